The van der Waals surface area contributed by atoms with Crippen LogP contribution in [0, 0.1) is 0 Å². The zero-order chi connectivity index (χ0) is 14.2. The van der Waals surface area contributed by atoms with E-state index < -0.39 is 0 Å². The van der Waals surface area contributed by atoms with Gasteiger partial charge in [0.25, 0.3) is 0 Å². The summed E-state index contributed by atoms with van der Waals surface area (Å²) < 4.78 is 5.32. The number of carbonyl (C=O) groups is 1. The zero-order valence-corrected chi connectivity index (χ0v) is 12.9. The lowest BCUT2D eigenvalue weighted by Gasteiger charge is -2.03. The summed E-state index contributed by atoms with van der Waals surface area (Å²) in [7, 11) is 0. The quantitative estimate of drug-likeness (QED) is 0.366. The van der Waals surface area contributed by atoms with Crippen LogP contribution in [-0.2, 0) is 9.53 Å². The van der Waals surface area contributed by atoms with Crippen LogP contribution < -0.4 is 5.73 Å². The fourth-order valence-corrected chi connectivity index (χ4v) is 2.18. The lowest BCUT2D eigenvalue weighted by atomic mass is 10.1. The van der Waals surface area contributed by atoms with Gasteiger partial charge in [-0.05, 0) is 12.8 Å². The van der Waals surface area contributed by atoms with Crippen molar-refractivity contribution in [1.82, 2.24) is 0 Å². The number of amides is 1. The molecule has 114 valence electrons. The molecular weight excluding hydrogens is 262 g/mol. The molecule has 2 N–H and O–H groups in total. The van der Waals surface area contributed by atoms with E-state index in [9.17, 15) is 4.79 Å². The first-order chi connectivity index (χ1) is 9.27. The number of primary amides is 1. The molecule has 1 amide bonds. The van der Waals surface area contributed by atoms with E-state index in [4.69, 9.17) is 22.1 Å². The second-order valence-electron chi connectivity index (χ2n) is 5.05. The molecule has 0 atom stereocenters. The highest BCUT2D eigenvalue weighted by Crippen LogP contribution is 2.10. The minimum absolute atomic E-state index is 0.286. The van der Waals surface area contributed by atoms with Crippen molar-refractivity contribution in [2.45, 2.75) is 70.6 Å². The molecule has 0 unspecified atom stereocenters. The van der Waals surface area contributed by atoms with Gasteiger partial charge in [-0.3, -0.25) is 4.79 Å². The van der Waals surface area contributed by atoms with Gasteiger partial charge < -0.3 is 10.5 Å². The first kappa shape index (κ1) is 18.7. The molecule has 0 bridgehead atoms. The third-order valence-corrected chi connectivity index (χ3v) is 3.43. The number of carbonyl (C=O) groups excluding carboxylic acids is 1. The second kappa shape index (κ2) is 15.8. The van der Waals surface area contributed by atoms with Crippen LogP contribution in [0.2, 0.25) is 0 Å². The van der Waals surface area contributed by atoms with Gasteiger partial charge in [-0.15, -0.1) is 11.6 Å². The molecule has 0 radical (unpaired) electrons. The van der Waals surface area contributed by atoms with Crippen molar-refractivity contribution in [2.75, 3.05) is 19.1 Å². The SMILES string of the molecule is NC(=O)CCOCCCCCCCCCCCCCl. The van der Waals surface area contributed by atoms with Crippen LogP contribution >= 0.6 is 11.6 Å². The Morgan fingerprint density at radius 3 is 1.74 bits per heavy atom. The summed E-state index contributed by atoms with van der Waals surface area (Å²) in [5.74, 6) is 0.521. The van der Waals surface area contributed by atoms with Gasteiger partial charge in [0.2, 0.25) is 5.91 Å². The highest BCUT2D eigenvalue weighted by atomic mass is 35.5. The van der Waals surface area contributed by atoms with E-state index in [1.54, 1.807) is 0 Å². The molecule has 0 aromatic heterocycles. The number of ether oxygens (including phenoxy) is 1. The molecule has 0 saturated carbocycles. The lowest BCUT2D eigenvalue weighted by molar-refractivity contribution is -0.119. The summed E-state index contributed by atoms with van der Waals surface area (Å²) in [5.41, 5.74) is 5.01. The van der Waals surface area contributed by atoms with Crippen LogP contribution in [0.3, 0.4) is 0 Å². The van der Waals surface area contributed by atoms with Gasteiger partial charge in [-0.2, -0.15) is 0 Å². The molecule has 0 spiro atoms. The topological polar surface area (TPSA) is 52.3 Å². The summed E-state index contributed by atoms with van der Waals surface area (Å²) in [4.78, 5) is 10.5. The lowest BCUT2D eigenvalue weighted by Crippen LogP contribution is -2.13. The summed E-state index contributed by atoms with van der Waals surface area (Å²) in [5, 5.41) is 0. The largest absolute Gasteiger partial charge is 0.381 e. The molecule has 0 fully saturated rings. The predicted molar refractivity (Wildman–Crippen MR) is 81.5 cm³/mol. The third-order valence-electron chi connectivity index (χ3n) is 3.17. The maximum absolute atomic E-state index is 10.5. The number of rotatable bonds is 15. The molecule has 3 nitrogen and oxygen atoms in total. The Bertz CT molecular complexity index is 201. The van der Waals surface area contributed by atoms with Gasteiger partial charge >= 0.3 is 0 Å². The molecule has 0 aliphatic rings. The Morgan fingerprint density at radius 2 is 1.26 bits per heavy atom. The Kier molecular flexibility index (Phi) is 15.5. The minimum atomic E-state index is -0.286. The summed E-state index contributed by atoms with van der Waals surface area (Å²) in [6.07, 6.45) is 13.1. The van der Waals surface area contributed by atoms with E-state index in [1.807, 2.05) is 0 Å². The normalized spacial score (nSPS) is 10.8. The van der Waals surface area contributed by atoms with Crippen LogP contribution in [0.5, 0.6) is 0 Å². The van der Waals surface area contributed by atoms with Crippen LogP contribution in [0.15, 0.2) is 0 Å². The molecule has 0 rings (SSSR count). The van der Waals surface area contributed by atoms with Crippen molar-refractivity contribution < 1.29 is 9.53 Å². The average molecular weight is 292 g/mol. The number of halogens is 1. The smallest absolute Gasteiger partial charge is 0.219 e. The highest BCUT2D eigenvalue weighted by Gasteiger charge is 1.95. The Labute approximate surface area is 123 Å². The molecular formula is C15H30ClNO2. The first-order valence-corrected chi connectivity index (χ1v) is 8.23. The molecule has 0 aromatic carbocycles. The van der Waals surface area contributed by atoms with Gasteiger partial charge in [-0.1, -0.05) is 51.4 Å². The number of hydrogen-bond donors (Lipinski definition) is 1. The first-order valence-electron chi connectivity index (χ1n) is 7.69. The maximum Gasteiger partial charge on any atom is 0.219 e. The van der Waals surface area contributed by atoms with Crippen LogP contribution in [0.1, 0.15) is 70.6 Å². The Morgan fingerprint density at radius 1 is 0.789 bits per heavy atom. The fraction of sp³-hybridized carbons (Fsp3) is 0.933. The number of unbranched alkanes of at least 4 members (excludes halogenated alkanes) is 9. The van der Waals surface area contributed by atoms with E-state index in [2.05, 4.69) is 0 Å². The summed E-state index contributed by atoms with van der Waals surface area (Å²) in [6, 6.07) is 0. The van der Waals surface area contributed by atoms with Crippen molar-refractivity contribution >= 4 is 17.5 Å². The third kappa shape index (κ3) is 17.7. The number of alkyl halides is 1. The van der Waals surface area contributed by atoms with Crippen molar-refractivity contribution in [3.8, 4) is 0 Å². The van der Waals surface area contributed by atoms with Crippen LogP contribution in [0.4, 0.5) is 0 Å². The van der Waals surface area contributed by atoms with E-state index in [1.165, 1.54) is 51.4 Å². The van der Waals surface area contributed by atoms with Crippen LogP contribution in [-0.4, -0.2) is 25.0 Å². The predicted octanol–water partition coefficient (Wildman–Crippen LogP) is 4.02. The van der Waals surface area contributed by atoms with E-state index >= 15 is 0 Å². The molecule has 0 aliphatic heterocycles. The monoisotopic (exact) mass is 291 g/mol. The van der Waals surface area contributed by atoms with Crippen molar-refractivity contribution in [3.63, 3.8) is 0 Å². The summed E-state index contributed by atoms with van der Waals surface area (Å²) >= 11 is 5.63. The van der Waals surface area contributed by atoms with Gasteiger partial charge in [0, 0.05) is 18.9 Å². The zero-order valence-electron chi connectivity index (χ0n) is 12.2. The maximum atomic E-state index is 10.5. The molecule has 0 saturated heterocycles. The standard InChI is InChI=1S/C15H30ClNO2/c16-12-9-7-5-3-1-2-4-6-8-10-13-19-14-11-15(17)18/h1-14H2,(H2,17,18). The van der Waals surface area contributed by atoms with Gasteiger partial charge in [-0.25, -0.2) is 0 Å². The van der Waals surface area contributed by atoms with E-state index in [0.717, 1.165) is 25.3 Å². The van der Waals surface area contributed by atoms with E-state index in [0.29, 0.717) is 13.0 Å². The van der Waals surface area contributed by atoms with Gasteiger partial charge in [0.05, 0.1) is 6.61 Å². The number of nitrogens with two attached hydrogens (primary N) is 1. The Hall–Kier alpha value is -0.280. The van der Waals surface area contributed by atoms with E-state index in [-0.39, 0.29) is 5.91 Å². The van der Waals surface area contributed by atoms with Crippen molar-refractivity contribution in [2.24, 2.45) is 5.73 Å². The summed E-state index contributed by atoms with van der Waals surface area (Å²) in [6.45, 7) is 1.23. The van der Waals surface area contributed by atoms with Crippen LogP contribution in [0.25, 0.3) is 0 Å². The van der Waals surface area contributed by atoms with Crippen molar-refractivity contribution in [3.05, 3.63) is 0 Å². The molecule has 0 aliphatic carbocycles. The Balaban J connectivity index is 2.93. The second-order valence-corrected chi connectivity index (χ2v) is 5.43. The average Bonchev–Trinajstić information content (AvgIpc) is 2.39. The van der Waals surface area contributed by atoms with Gasteiger partial charge in [0.15, 0.2) is 0 Å². The molecule has 0 aromatic rings. The molecule has 19 heavy (non-hydrogen) atoms. The highest BCUT2D eigenvalue weighted by molar-refractivity contribution is 6.17. The molecule has 0 heterocycles. The number of hydrogen-bond acceptors (Lipinski definition) is 2. The van der Waals surface area contributed by atoms with Crippen molar-refractivity contribution in [1.29, 1.82) is 0 Å². The fourth-order valence-electron chi connectivity index (χ4n) is 1.99. The molecule has 4 heteroatoms. The van der Waals surface area contributed by atoms with Gasteiger partial charge in [0.1, 0.15) is 0 Å². The minimum Gasteiger partial charge on any atom is -0.381 e.